The van der Waals surface area contributed by atoms with Gasteiger partial charge in [0.2, 0.25) is 0 Å². The van der Waals surface area contributed by atoms with E-state index in [-0.39, 0.29) is 97.9 Å². The average molecular weight is 207 g/mol. The average Bonchev–Trinajstić information content (AvgIpc) is 0.811. The molecule has 0 rings (SSSR count). The van der Waals surface area contributed by atoms with Gasteiger partial charge >= 0.3 is 87.1 Å². The summed E-state index contributed by atoms with van der Waals surface area (Å²) >= 11 is 0. The zero-order valence-corrected chi connectivity index (χ0v) is 3.92. The van der Waals surface area contributed by atoms with E-state index >= 15 is 0 Å². The van der Waals surface area contributed by atoms with Gasteiger partial charge < -0.3 is 10.2 Å². The quantitative estimate of drug-likeness (QED) is 0.526. The Morgan fingerprint density at radius 2 is 1.29 bits per heavy atom. The minimum absolute atomic E-state index is 0. The summed E-state index contributed by atoms with van der Waals surface area (Å²) < 4.78 is 0. The third-order valence-corrected chi connectivity index (χ3v) is 0. The molecular weight excluding hydrogens is 202 g/mol. The van der Waals surface area contributed by atoms with Crippen LogP contribution in [0, 0.1) is 0 Å². The fraction of sp³-hybridized carbons (Fsp3) is 0. The molecule has 2 N–H and O–H groups in total. The van der Waals surface area contributed by atoms with Gasteiger partial charge in [-0.25, -0.2) is 4.79 Å². The van der Waals surface area contributed by atoms with Gasteiger partial charge in [-0.15, -0.1) is 17.0 Å². The molecule has 0 saturated carbocycles. The van der Waals surface area contributed by atoms with Crippen LogP contribution in [0.3, 0.4) is 0 Å². The van der Waals surface area contributed by atoms with E-state index in [1.54, 1.807) is 0 Å². The summed E-state index contributed by atoms with van der Waals surface area (Å²) in [5.41, 5.74) is 0. The van der Waals surface area contributed by atoms with Gasteiger partial charge in [-0.05, 0) is 0 Å². The van der Waals surface area contributed by atoms with Crippen LogP contribution in [0.2, 0.25) is 0 Å². The van der Waals surface area contributed by atoms with Gasteiger partial charge in [-0.1, -0.05) is 0 Å². The number of rotatable bonds is 0. The van der Waals surface area contributed by atoms with Crippen molar-refractivity contribution in [3.63, 3.8) is 0 Å². The zero-order chi connectivity index (χ0) is 3.58. The molecule has 0 aromatic rings. The van der Waals surface area contributed by atoms with E-state index in [1.807, 2.05) is 0 Å². The Morgan fingerprint density at radius 3 is 1.29 bits per heavy atom. The Kier molecular flexibility index (Phi) is 51.3. The zero-order valence-electron chi connectivity index (χ0n) is 2.21. The molecule has 0 aromatic heterocycles. The molecule has 6 heteroatoms. The first kappa shape index (κ1) is 22.8. The second-order valence-electron chi connectivity index (χ2n) is 0.283. The van der Waals surface area contributed by atoms with E-state index in [0.717, 1.165) is 0 Å². The Bertz CT molecular complexity index is 37.9. The molecule has 36 valence electrons. The molecule has 0 bridgehead atoms. The molecule has 0 radical (unpaired) electrons. The van der Waals surface area contributed by atoms with Gasteiger partial charge in [0, 0.05) is 0 Å². The van der Waals surface area contributed by atoms with Gasteiger partial charge in [-0.2, -0.15) is 0 Å². The standard InChI is InChI=1S/CH2O3.BrH.K.Na.2H/c2-1(3)4;;;;;/h(H2,2,3,4);1H;;;;. The molecule has 0 fully saturated rings. The molecule has 0 heterocycles. The van der Waals surface area contributed by atoms with Crippen molar-refractivity contribution < 1.29 is 15.0 Å². The van der Waals surface area contributed by atoms with Crippen molar-refractivity contribution in [3.8, 4) is 0 Å². The Balaban J connectivity index is -0.0000000150. The Labute approximate surface area is 116 Å². The molecule has 0 spiro atoms. The van der Waals surface area contributed by atoms with Crippen LogP contribution < -0.4 is 0 Å². The van der Waals surface area contributed by atoms with Crippen LogP contribution >= 0.6 is 17.0 Å². The van der Waals surface area contributed by atoms with Gasteiger partial charge in [0.25, 0.3) is 0 Å². The third kappa shape index (κ3) is 60.1. The van der Waals surface area contributed by atoms with E-state index in [9.17, 15) is 0 Å². The van der Waals surface area contributed by atoms with Gasteiger partial charge in [0.15, 0.2) is 0 Å². The van der Waals surface area contributed by atoms with Crippen molar-refractivity contribution in [1.29, 1.82) is 0 Å². The molecule has 0 aromatic carbocycles. The van der Waals surface area contributed by atoms with Crippen LogP contribution in [0.5, 0.6) is 0 Å². The molecular formula is CH5BrKNaO3. The predicted molar refractivity (Wildman–Crippen MR) is 35.3 cm³/mol. The molecule has 0 aliphatic heterocycles. The van der Waals surface area contributed by atoms with Crippen LogP contribution in [0.15, 0.2) is 0 Å². The van der Waals surface area contributed by atoms with Crippen molar-refractivity contribution in [3.05, 3.63) is 0 Å². The van der Waals surface area contributed by atoms with E-state index in [2.05, 4.69) is 0 Å². The molecule has 0 amide bonds. The van der Waals surface area contributed by atoms with Crippen LogP contribution in [-0.4, -0.2) is 97.3 Å². The summed E-state index contributed by atoms with van der Waals surface area (Å²) in [4.78, 5) is 8.56. The van der Waals surface area contributed by atoms with Crippen molar-refractivity contribution >= 4 is 104 Å². The fourth-order valence-corrected chi connectivity index (χ4v) is 0. The van der Waals surface area contributed by atoms with Crippen LogP contribution in [0.4, 0.5) is 4.79 Å². The molecule has 0 aliphatic rings. The molecule has 0 aliphatic carbocycles. The van der Waals surface area contributed by atoms with Crippen molar-refractivity contribution in [2.75, 3.05) is 0 Å². The molecule has 7 heavy (non-hydrogen) atoms. The number of halogens is 1. The van der Waals surface area contributed by atoms with E-state index in [0.29, 0.717) is 0 Å². The van der Waals surface area contributed by atoms with Crippen molar-refractivity contribution in [2.24, 2.45) is 0 Å². The molecule has 0 saturated heterocycles. The summed E-state index contributed by atoms with van der Waals surface area (Å²) in [5, 5.41) is 13.9. The normalized spacial score (nSPS) is 3.43. The maximum absolute atomic E-state index is 8.56. The molecule has 0 unspecified atom stereocenters. The topological polar surface area (TPSA) is 57.5 Å². The SMILES string of the molecule is Br.O=C(O)O.[KH].[NaH]. The first-order valence-electron chi connectivity index (χ1n) is 0.651. The summed E-state index contributed by atoms with van der Waals surface area (Å²) in [6.45, 7) is 0. The minimum atomic E-state index is -1.83. The second-order valence-corrected chi connectivity index (χ2v) is 0.283. The third-order valence-electron chi connectivity index (χ3n) is 0. The molecule has 3 nitrogen and oxygen atoms in total. The first-order chi connectivity index (χ1) is 1.73. The van der Waals surface area contributed by atoms with Crippen molar-refractivity contribution in [2.45, 2.75) is 0 Å². The monoisotopic (exact) mass is 206 g/mol. The Hall–Kier alpha value is 2.39. The first-order valence-corrected chi connectivity index (χ1v) is 0.651. The van der Waals surface area contributed by atoms with Gasteiger partial charge in [0.05, 0.1) is 0 Å². The maximum atomic E-state index is 8.56. The number of carboxylic acid groups (broad SMARTS) is 2. The van der Waals surface area contributed by atoms with Crippen LogP contribution in [0.25, 0.3) is 0 Å². The fourth-order valence-electron chi connectivity index (χ4n) is 0. The van der Waals surface area contributed by atoms with E-state index < -0.39 is 6.16 Å². The summed E-state index contributed by atoms with van der Waals surface area (Å²) in [7, 11) is 0. The van der Waals surface area contributed by atoms with Crippen LogP contribution in [-0.2, 0) is 0 Å². The molecule has 0 atom stereocenters. The summed E-state index contributed by atoms with van der Waals surface area (Å²) in [5.74, 6) is 0. The number of carbonyl (C=O) groups is 1. The van der Waals surface area contributed by atoms with Crippen molar-refractivity contribution in [1.82, 2.24) is 0 Å². The number of hydrogen-bond donors (Lipinski definition) is 2. The summed E-state index contributed by atoms with van der Waals surface area (Å²) in [6, 6.07) is 0. The van der Waals surface area contributed by atoms with Crippen LogP contribution in [0.1, 0.15) is 0 Å². The van der Waals surface area contributed by atoms with E-state index in [4.69, 9.17) is 15.0 Å². The second kappa shape index (κ2) is 15.8. The predicted octanol–water partition coefficient (Wildman–Crippen LogP) is -0.497. The number of hydrogen-bond acceptors (Lipinski definition) is 1. The van der Waals surface area contributed by atoms with E-state index in [1.165, 1.54) is 0 Å². The van der Waals surface area contributed by atoms with Gasteiger partial charge in [-0.3, -0.25) is 0 Å². The Morgan fingerprint density at radius 1 is 1.29 bits per heavy atom. The van der Waals surface area contributed by atoms with Gasteiger partial charge in [0.1, 0.15) is 0 Å². The summed E-state index contributed by atoms with van der Waals surface area (Å²) in [6.07, 6.45) is -1.83.